The van der Waals surface area contributed by atoms with Crippen molar-refractivity contribution in [1.82, 2.24) is 14.9 Å². The van der Waals surface area contributed by atoms with Crippen molar-refractivity contribution in [3.05, 3.63) is 77.9 Å². The summed E-state index contributed by atoms with van der Waals surface area (Å²) in [6, 6.07) is 16.0. The van der Waals surface area contributed by atoms with Crippen molar-refractivity contribution in [2.75, 3.05) is 10.2 Å². The molecule has 4 rings (SSSR count). The number of carbonyl (C=O) groups excluding carboxylic acids is 1. The molecule has 0 radical (unpaired) electrons. The van der Waals surface area contributed by atoms with E-state index < -0.39 is 0 Å². The Balaban J connectivity index is 1.74. The molecule has 31 heavy (non-hydrogen) atoms. The number of benzene rings is 1. The average molecular weight is 434 g/mol. The maximum atomic E-state index is 12.1. The Morgan fingerprint density at radius 2 is 2.00 bits per heavy atom. The highest BCUT2D eigenvalue weighted by Crippen LogP contribution is 2.42. The fraction of sp³-hybridized carbons (Fsp3) is 0.292. The number of rotatable bonds is 5. The van der Waals surface area contributed by atoms with Gasteiger partial charge in [0.2, 0.25) is 5.91 Å². The number of amides is 1. The number of aromatic nitrogens is 2. The van der Waals surface area contributed by atoms with Crippen LogP contribution in [0.25, 0.3) is 0 Å². The first-order valence-corrected chi connectivity index (χ1v) is 10.8. The van der Waals surface area contributed by atoms with Crippen LogP contribution in [0.1, 0.15) is 42.9 Å². The van der Waals surface area contributed by atoms with Crippen LogP contribution < -0.4 is 15.5 Å². The zero-order valence-electron chi connectivity index (χ0n) is 18.2. The third-order valence-corrected chi connectivity index (χ3v) is 5.97. The lowest BCUT2D eigenvalue weighted by Crippen LogP contribution is -2.30. The molecule has 1 aromatic carbocycles. The van der Waals surface area contributed by atoms with Crippen LogP contribution in [0.4, 0.5) is 11.4 Å². The molecule has 2 N–H and O–H groups in total. The molecule has 0 aliphatic carbocycles. The molecule has 3 heterocycles. The number of nitrogens with one attached hydrogen (secondary N) is 2. The van der Waals surface area contributed by atoms with E-state index in [-0.39, 0.29) is 23.9 Å². The molecule has 1 amide bonds. The Labute approximate surface area is 188 Å². The number of aryl methyl sites for hydroxylation is 2. The summed E-state index contributed by atoms with van der Waals surface area (Å²) in [4.78, 5) is 18.9. The molecule has 2 atom stereocenters. The smallest absolute Gasteiger partial charge is 0.226 e. The maximum absolute atomic E-state index is 12.1. The minimum Gasteiger partial charge on any atom is -0.353 e. The SMILES string of the molecule is Cc1cc(N2C(=S)N[C@H](c3ccccn3)[C@@H]2c2cccn2C)ccc1NC(=O)C(C)C. The summed E-state index contributed by atoms with van der Waals surface area (Å²) < 4.78 is 2.12. The molecule has 0 bridgehead atoms. The van der Waals surface area contributed by atoms with Gasteiger partial charge in [-0.1, -0.05) is 19.9 Å². The molecule has 2 aromatic heterocycles. The van der Waals surface area contributed by atoms with Crippen molar-refractivity contribution in [3.8, 4) is 0 Å². The van der Waals surface area contributed by atoms with Gasteiger partial charge in [0.05, 0.1) is 11.7 Å². The first-order chi connectivity index (χ1) is 14.9. The molecule has 1 fully saturated rings. The van der Waals surface area contributed by atoms with Gasteiger partial charge in [0.25, 0.3) is 0 Å². The summed E-state index contributed by atoms with van der Waals surface area (Å²) in [6.45, 7) is 5.77. The van der Waals surface area contributed by atoms with E-state index in [0.29, 0.717) is 5.11 Å². The lowest BCUT2D eigenvalue weighted by Gasteiger charge is -2.29. The van der Waals surface area contributed by atoms with E-state index >= 15 is 0 Å². The first-order valence-electron chi connectivity index (χ1n) is 10.4. The second kappa shape index (κ2) is 8.51. The number of thiocarbonyl (C=S) groups is 1. The lowest BCUT2D eigenvalue weighted by atomic mass is 10.0. The van der Waals surface area contributed by atoms with Gasteiger partial charge in [-0.2, -0.15) is 0 Å². The summed E-state index contributed by atoms with van der Waals surface area (Å²) in [5, 5.41) is 7.13. The van der Waals surface area contributed by atoms with Gasteiger partial charge in [-0.3, -0.25) is 9.78 Å². The fourth-order valence-corrected chi connectivity index (χ4v) is 4.28. The highest BCUT2D eigenvalue weighted by Gasteiger charge is 2.41. The predicted octanol–water partition coefficient (Wildman–Crippen LogP) is 4.50. The predicted molar refractivity (Wildman–Crippen MR) is 128 cm³/mol. The van der Waals surface area contributed by atoms with Gasteiger partial charge < -0.3 is 20.1 Å². The van der Waals surface area contributed by atoms with Crippen LogP contribution in [-0.4, -0.2) is 20.6 Å². The first kappa shape index (κ1) is 21.1. The largest absolute Gasteiger partial charge is 0.353 e. The van der Waals surface area contributed by atoms with Crippen LogP contribution in [0.3, 0.4) is 0 Å². The highest BCUT2D eigenvalue weighted by molar-refractivity contribution is 7.80. The van der Waals surface area contributed by atoms with E-state index in [4.69, 9.17) is 12.2 Å². The zero-order chi connectivity index (χ0) is 22.1. The monoisotopic (exact) mass is 433 g/mol. The molecule has 1 aliphatic rings. The van der Waals surface area contributed by atoms with Crippen LogP contribution in [-0.2, 0) is 11.8 Å². The van der Waals surface area contributed by atoms with Crippen molar-refractivity contribution in [2.45, 2.75) is 32.9 Å². The number of pyridine rings is 1. The maximum Gasteiger partial charge on any atom is 0.226 e. The Bertz CT molecular complexity index is 1110. The number of carbonyl (C=O) groups is 1. The molecule has 160 valence electrons. The van der Waals surface area contributed by atoms with Crippen molar-refractivity contribution in [3.63, 3.8) is 0 Å². The molecule has 1 saturated heterocycles. The van der Waals surface area contributed by atoms with Gasteiger partial charge in [0, 0.05) is 42.4 Å². The van der Waals surface area contributed by atoms with E-state index in [1.54, 1.807) is 6.20 Å². The van der Waals surface area contributed by atoms with Crippen LogP contribution in [0, 0.1) is 12.8 Å². The van der Waals surface area contributed by atoms with Gasteiger partial charge in [-0.15, -0.1) is 0 Å². The van der Waals surface area contributed by atoms with E-state index in [1.165, 1.54) is 0 Å². The Morgan fingerprint density at radius 3 is 2.61 bits per heavy atom. The van der Waals surface area contributed by atoms with Crippen LogP contribution in [0.15, 0.2) is 60.9 Å². The minimum absolute atomic E-state index is 0.00566. The molecule has 0 unspecified atom stereocenters. The topological polar surface area (TPSA) is 62.2 Å². The van der Waals surface area contributed by atoms with Gasteiger partial charge in [0.1, 0.15) is 6.04 Å². The average Bonchev–Trinajstić information content (AvgIpc) is 3.32. The standard InChI is InChI=1S/C24H27N5OS/c1-15(2)23(30)26-18-11-10-17(14-16(18)3)29-22(20-9-7-13-28(20)4)21(27-24(29)31)19-8-5-6-12-25-19/h5-15,21-22H,1-4H3,(H,26,30)(H,27,31)/t21-,22+/m1/s1. The third kappa shape index (κ3) is 4.05. The molecule has 6 nitrogen and oxygen atoms in total. The minimum atomic E-state index is -0.0806. The molecule has 3 aromatic rings. The number of anilines is 2. The van der Waals surface area contributed by atoms with Gasteiger partial charge in [0.15, 0.2) is 5.11 Å². The number of hydrogen-bond donors (Lipinski definition) is 2. The molecule has 7 heteroatoms. The molecular weight excluding hydrogens is 406 g/mol. The van der Waals surface area contributed by atoms with Crippen molar-refractivity contribution in [2.24, 2.45) is 13.0 Å². The van der Waals surface area contributed by atoms with Crippen molar-refractivity contribution in [1.29, 1.82) is 0 Å². The second-order valence-corrected chi connectivity index (χ2v) is 8.57. The summed E-state index contributed by atoms with van der Waals surface area (Å²) in [6.07, 6.45) is 3.85. The van der Waals surface area contributed by atoms with E-state index in [9.17, 15) is 4.79 Å². The van der Waals surface area contributed by atoms with Crippen molar-refractivity contribution >= 4 is 34.6 Å². The van der Waals surface area contributed by atoms with E-state index in [2.05, 4.69) is 37.2 Å². The van der Waals surface area contributed by atoms with Gasteiger partial charge in [-0.05, 0) is 67.2 Å². The van der Waals surface area contributed by atoms with E-state index in [0.717, 1.165) is 28.3 Å². The zero-order valence-corrected chi connectivity index (χ0v) is 19.0. The molecule has 0 saturated carbocycles. The summed E-state index contributed by atoms with van der Waals surface area (Å²) >= 11 is 5.78. The summed E-state index contributed by atoms with van der Waals surface area (Å²) in [5.41, 5.74) is 4.86. The van der Waals surface area contributed by atoms with Crippen LogP contribution in [0.5, 0.6) is 0 Å². The Hall–Kier alpha value is -3.19. The number of hydrogen-bond acceptors (Lipinski definition) is 3. The normalized spacial score (nSPS) is 18.4. The summed E-state index contributed by atoms with van der Waals surface area (Å²) in [7, 11) is 2.04. The third-order valence-electron chi connectivity index (χ3n) is 5.66. The van der Waals surface area contributed by atoms with Crippen molar-refractivity contribution < 1.29 is 4.79 Å². The Kier molecular flexibility index (Phi) is 5.78. The Morgan fingerprint density at radius 1 is 1.19 bits per heavy atom. The highest BCUT2D eigenvalue weighted by atomic mass is 32.1. The van der Waals surface area contributed by atoms with Crippen LogP contribution >= 0.6 is 12.2 Å². The quantitative estimate of drug-likeness (QED) is 0.580. The molecule has 0 spiro atoms. The number of nitrogens with zero attached hydrogens (tertiary/aromatic N) is 3. The lowest BCUT2D eigenvalue weighted by molar-refractivity contribution is -0.118. The molecular formula is C24H27N5OS. The summed E-state index contributed by atoms with van der Waals surface area (Å²) in [5.74, 6) is -0.0681. The second-order valence-electron chi connectivity index (χ2n) is 8.18. The van der Waals surface area contributed by atoms with E-state index in [1.807, 2.05) is 70.4 Å². The molecule has 1 aliphatic heterocycles. The fourth-order valence-electron chi connectivity index (χ4n) is 3.93. The van der Waals surface area contributed by atoms with Crippen LogP contribution in [0.2, 0.25) is 0 Å². The van der Waals surface area contributed by atoms with Gasteiger partial charge in [-0.25, -0.2) is 0 Å². The van der Waals surface area contributed by atoms with Gasteiger partial charge >= 0.3 is 0 Å².